The summed E-state index contributed by atoms with van der Waals surface area (Å²) in [6, 6.07) is 3.47. The van der Waals surface area contributed by atoms with Crippen LogP contribution in [0.5, 0.6) is 0 Å². The van der Waals surface area contributed by atoms with Crippen molar-refractivity contribution in [1.29, 1.82) is 0 Å². The molecule has 1 N–H and O–H groups in total. The second-order valence-corrected chi connectivity index (χ2v) is 8.61. The molecule has 166 valence electrons. The van der Waals surface area contributed by atoms with Gasteiger partial charge in [-0.15, -0.1) is 0 Å². The van der Waals surface area contributed by atoms with Crippen molar-refractivity contribution in [3.05, 3.63) is 35.4 Å². The Balaban J connectivity index is 2.26. The van der Waals surface area contributed by atoms with Gasteiger partial charge in [0.2, 0.25) is 5.91 Å². The molecule has 30 heavy (non-hydrogen) atoms. The average molecular weight is 427 g/mol. The number of hydrogen-bond acceptors (Lipinski definition) is 3. The van der Waals surface area contributed by atoms with Crippen molar-refractivity contribution in [2.75, 3.05) is 19.6 Å². The molecule has 1 heterocycles. The van der Waals surface area contributed by atoms with Crippen LogP contribution in [0.2, 0.25) is 0 Å². The number of benzene rings is 1. The third-order valence-corrected chi connectivity index (χ3v) is 4.86. The minimum absolute atomic E-state index is 0.00633. The van der Waals surface area contributed by atoms with Crippen molar-refractivity contribution in [2.45, 2.75) is 46.3 Å². The van der Waals surface area contributed by atoms with E-state index in [1.807, 2.05) is 27.7 Å². The number of urea groups is 1. The maximum Gasteiger partial charge on any atom is 0.416 e. The summed E-state index contributed by atoms with van der Waals surface area (Å²) in [5.74, 6) is -0.735. The molecule has 0 unspecified atom stereocenters. The molecule has 0 saturated carbocycles. The van der Waals surface area contributed by atoms with Crippen molar-refractivity contribution < 1.29 is 27.6 Å². The highest BCUT2D eigenvalue weighted by Gasteiger charge is 2.50. The largest absolute Gasteiger partial charge is 0.416 e. The molecule has 0 spiro atoms. The van der Waals surface area contributed by atoms with Crippen LogP contribution in [-0.4, -0.2) is 47.3 Å². The molecular weight excluding hydrogens is 399 g/mol. The Kier molecular flexibility index (Phi) is 6.83. The highest BCUT2D eigenvalue weighted by Crippen LogP contribution is 2.34. The van der Waals surface area contributed by atoms with Gasteiger partial charge in [-0.1, -0.05) is 39.8 Å². The number of alkyl halides is 3. The van der Waals surface area contributed by atoms with E-state index < -0.39 is 35.8 Å². The topological polar surface area (TPSA) is 69.7 Å². The van der Waals surface area contributed by atoms with E-state index in [0.29, 0.717) is 13.1 Å². The van der Waals surface area contributed by atoms with Crippen LogP contribution in [0.25, 0.3) is 0 Å². The predicted molar refractivity (Wildman–Crippen MR) is 105 cm³/mol. The maximum absolute atomic E-state index is 13.1. The zero-order valence-electron chi connectivity index (χ0n) is 17.8. The molecule has 1 aliphatic heterocycles. The summed E-state index contributed by atoms with van der Waals surface area (Å²) in [4.78, 5) is 40.6. The number of carbonyl (C=O) groups excluding carboxylic acids is 3. The van der Waals surface area contributed by atoms with Crippen LogP contribution in [0, 0.1) is 11.8 Å². The van der Waals surface area contributed by atoms with E-state index in [2.05, 4.69) is 5.32 Å². The average Bonchev–Trinajstić information content (AvgIpc) is 2.84. The third kappa shape index (κ3) is 5.12. The monoisotopic (exact) mass is 427 g/mol. The van der Waals surface area contributed by atoms with Gasteiger partial charge in [0.25, 0.3) is 5.91 Å². The molecule has 1 atom stereocenters. The Hall–Kier alpha value is -2.58. The molecule has 6 nitrogen and oxygen atoms in total. The van der Waals surface area contributed by atoms with Gasteiger partial charge < -0.3 is 10.2 Å². The lowest BCUT2D eigenvalue weighted by Gasteiger charge is -2.28. The summed E-state index contributed by atoms with van der Waals surface area (Å²) in [6.45, 7) is 9.67. The summed E-state index contributed by atoms with van der Waals surface area (Å²) < 4.78 is 39.2. The van der Waals surface area contributed by atoms with Crippen LogP contribution < -0.4 is 5.32 Å². The Labute approximate surface area is 174 Å². The standard InChI is InChI=1S/C21H28F3N3O3/c1-13(2)10-26(11-14(3)4)17(28)12-27-18(29)20(5,25-19(27)30)15-7-6-8-16(9-15)21(22,23)24/h6-9,13-14H,10-12H2,1-5H3,(H,25,30)/t20-/m1/s1. The summed E-state index contributed by atoms with van der Waals surface area (Å²) in [5, 5.41) is 2.45. The Morgan fingerprint density at radius 1 is 1.13 bits per heavy atom. The quantitative estimate of drug-likeness (QED) is 0.676. The molecule has 1 aliphatic rings. The Bertz CT molecular complexity index is 813. The molecule has 4 amide bonds. The summed E-state index contributed by atoms with van der Waals surface area (Å²) in [7, 11) is 0. The van der Waals surface area contributed by atoms with E-state index >= 15 is 0 Å². The first-order valence-electron chi connectivity index (χ1n) is 9.85. The van der Waals surface area contributed by atoms with E-state index in [1.54, 1.807) is 4.90 Å². The number of nitrogens with zero attached hydrogens (tertiary/aromatic N) is 2. The molecule has 0 radical (unpaired) electrons. The minimum atomic E-state index is -4.58. The number of carbonyl (C=O) groups is 3. The van der Waals surface area contributed by atoms with Gasteiger partial charge in [0, 0.05) is 13.1 Å². The number of nitrogens with one attached hydrogen (secondary N) is 1. The lowest BCUT2D eigenvalue weighted by Crippen LogP contribution is -2.46. The van der Waals surface area contributed by atoms with Gasteiger partial charge in [0.1, 0.15) is 12.1 Å². The van der Waals surface area contributed by atoms with Crippen molar-refractivity contribution >= 4 is 17.8 Å². The van der Waals surface area contributed by atoms with Crippen molar-refractivity contribution in [1.82, 2.24) is 15.1 Å². The lowest BCUT2D eigenvalue weighted by atomic mass is 9.90. The number of amides is 4. The molecule has 0 aliphatic carbocycles. The second-order valence-electron chi connectivity index (χ2n) is 8.61. The Morgan fingerprint density at radius 2 is 1.70 bits per heavy atom. The fourth-order valence-electron chi connectivity index (χ4n) is 3.44. The predicted octanol–water partition coefficient (Wildman–Crippen LogP) is 3.61. The van der Waals surface area contributed by atoms with Gasteiger partial charge in [0.15, 0.2) is 0 Å². The van der Waals surface area contributed by atoms with Crippen LogP contribution >= 0.6 is 0 Å². The van der Waals surface area contributed by atoms with E-state index in [-0.39, 0.29) is 23.3 Å². The zero-order chi connectivity index (χ0) is 22.9. The van der Waals surface area contributed by atoms with Gasteiger partial charge >= 0.3 is 12.2 Å². The fourth-order valence-corrected chi connectivity index (χ4v) is 3.44. The van der Waals surface area contributed by atoms with E-state index in [0.717, 1.165) is 17.0 Å². The summed E-state index contributed by atoms with van der Waals surface area (Å²) in [6.07, 6.45) is -4.58. The second kappa shape index (κ2) is 8.65. The van der Waals surface area contributed by atoms with Crippen LogP contribution in [0.4, 0.5) is 18.0 Å². The van der Waals surface area contributed by atoms with Crippen LogP contribution in [0.1, 0.15) is 45.7 Å². The zero-order valence-corrected chi connectivity index (χ0v) is 17.8. The van der Waals surface area contributed by atoms with Crippen molar-refractivity contribution in [3.8, 4) is 0 Å². The SMILES string of the molecule is CC(C)CN(CC(C)C)C(=O)CN1C(=O)N[C@](C)(c2cccc(C(F)(F)F)c2)C1=O. The Morgan fingerprint density at radius 3 is 2.20 bits per heavy atom. The highest BCUT2D eigenvalue weighted by molar-refractivity contribution is 6.09. The molecule has 0 aromatic heterocycles. The highest BCUT2D eigenvalue weighted by atomic mass is 19.4. The van der Waals surface area contributed by atoms with Crippen LogP contribution in [0.15, 0.2) is 24.3 Å². The molecule has 0 bridgehead atoms. The molecule has 9 heteroatoms. The molecule has 2 rings (SSSR count). The first-order valence-corrected chi connectivity index (χ1v) is 9.85. The number of halogens is 3. The third-order valence-electron chi connectivity index (χ3n) is 4.86. The van der Waals surface area contributed by atoms with E-state index in [1.165, 1.54) is 19.1 Å². The van der Waals surface area contributed by atoms with Gasteiger partial charge in [-0.05, 0) is 36.5 Å². The number of imide groups is 1. The van der Waals surface area contributed by atoms with Crippen LogP contribution in [0.3, 0.4) is 0 Å². The molecule has 1 aromatic carbocycles. The van der Waals surface area contributed by atoms with Gasteiger partial charge in [-0.25, -0.2) is 4.79 Å². The molecular formula is C21H28F3N3O3. The molecule has 1 fully saturated rings. The van der Waals surface area contributed by atoms with E-state index in [9.17, 15) is 27.6 Å². The van der Waals surface area contributed by atoms with Crippen LogP contribution in [-0.2, 0) is 21.3 Å². The van der Waals surface area contributed by atoms with Gasteiger partial charge in [-0.2, -0.15) is 13.2 Å². The lowest BCUT2D eigenvalue weighted by molar-refractivity contribution is -0.139. The van der Waals surface area contributed by atoms with Crippen molar-refractivity contribution in [3.63, 3.8) is 0 Å². The maximum atomic E-state index is 13.1. The first-order chi connectivity index (χ1) is 13.8. The number of rotatable bonds is 7. The summed E-state index contributed by atoms with van der Waals surface area (Å²) >= 11 is 0. The molecule has 1 saturated heterocycles. The van der Waals surface area contributed by atoms with Gasteiger partial charge in [0.05, 0.1) is 5.56 Å². The summed E-state index contributed by atoms with van der Waals surface area (Å²) in [5.41, 5.74) is -2.59. The fraction of sp³-hybridized carbons (Fsp3) is 0.571. The normalized spacial score (nSPS) is 19.6. The van der Waals surface area contributed by atoms with Gasteiger partial charge in [-0.3, -0.25) is 14.5 Å². The minimum Gasteiger partial charge on any atom is -0.341 e. The molecule has 1 aromatic rings. The smallest absolute Gasteiger partial charge is 0.341 e. The first kappa shape index (κ1) is 23.7. The number of hydrogen-bond donors (Lipinski definition) is 1. The van der Waals surface area contributed by atoms with Crippen molar-refractivity contribution in [2.24, 2.45) is 11.8 Å². The van der Waals surface area contributed by atoms with E-state index in [4.69, 9.17) is 0 Å².